The molecule has 1 aliphatic carbocycles. The number of benzene rings is 2. The average Bonchev–Trinajstić information content (AvgIpc) is 3.18. The van der Waals surface area contributed by atoms with Crippen molar-refractivity contribution in [1.29, 1.82) is 0 Å². The van der Waals surface area contributed by atoms with Crippen molar-refractivity contribution in [2.45, 2.75) is 22.8 Å². The number of nitrogens with one attached hydrogen (secondary N) is 2. The van der Waals surface area contributed by atoms with Crippen LogP contribution in [0.3, 0.4) is 0 Å². The molecule has 0 saturated heterocycles. The van der Waals surface area contributed by atoms with E-state index in [4.69, 9.17) is 58.0 Å². The maximum atomic E-state index is 12.7. The van der Waals surface area contributed by atoms with Crippen LogP contribution in [0.15, 0.2) is 36.4 Å². The summed E-state index contributed by atoms with van der Waals surface area (Å²) in [6.07, 6.45) is -6.34. The summed E-state index contributed by atoms with van der Waals surface area (Å²) >= 11 is 30.5. The van der Waals surface area contributed by atoms with E-state index in [2.05, 4.69) is 10.6 Å². The van der Waals surface area contributed by atoms with E-state index in [-0.39, 0.29) is 16.4 Å². The molecule has 0 spiro atoms. The van der Waals surface area contributed by atoms with Crippen molar-refractivity contribution < 1.29 is 22.8 Å². The second-order valence-electron chi connectivity index (χ2n) is 6.86. The van der Waals surface area contributed by atoms with Crippen molar-refractivity contribution in [3.63, 3.8) is 0 Å². The van der Waals surface area contributed by atoms with E-state index in [0.29, 0.717) is 15.6 Å². The maximum absolute atomic E-state index is 12.7. The quantitative estimate of drug-likeness (QED) is 0.404. The normalized spacial score (nSPS) is 19.6. The first-order valence-corrected chi connectivity index (χ1v) is 10.5. The zero-order valence-corrected chi connectivity index (χ0v) is 18.9. The number of amides is 2. The first-order valence-electron chi connectivity index (χ1n) is 8.59. The van der Waals surface area contributed by atoms with Crippen LogP contribution in [-0.2, 0) is 9.59 Å². The minimum Gasteiger partial charge on any atom is -0.326 e. The fourth-order valence-electron chi connectivity index (χ4n) is 3.12. The van der Waals surface area contributed by atoms with Gasteiger partial charge in [0, 0.05) is 21.7 Å². The highest BCUT2D eigenvalue weighted by atomic mass is 35.5. The van der Waals surface area contributed by atoms with Crippen LogP contribution in [-0.4, -0.2) is 22.3 Å². The second kappa shape index (κ2) is 8.87. The van der Waals surface area contributed by atoms with Gasteiger partial charge in [-0.05, 0) is 42.0 Å². The van der Waals surface area contributed by atoms with Gasteiger partial charge in [-0.3, -0.25) is 9.59 Å². The molecule has 166 valence electrons. The first kappa shape index (κ1) is 24.3. The Morgan fingerprint density at radius 1 is 0.968 bits per heavy atom. The Kier molecular flexibility index (Phi) is 6.94. The third kappa shape index (κ3) is 5.90. The minimum atomic E-state index is -4.67. The Hall–Kier alpha value is -1.38. The lowest BCUT2D eigenvalue weighted by atomic mass is 10.1. The summed E-state index contributed by atoms with van der Waals surface area (Å²) in [5, 5.41) is 5.34. The number of hydrogen-bond acceptors (Lipinski definition) is 2. The predicted molar refractivity (Wildman–Crippen MR) is 117 cm³/mol. The molecule has 31 heavy (non-hydrogen) atoms. The molecule has 2 aromatic carbocycles. The average molecular weight is 535 g/mol. The van der Waals surface area contributed by atoms with Crippen molar-refractivity contribution in [2.24, 2.45) is 5.92 Å². The van der Waals surface area contributed by atoms with Crippen LogP contribution in [0.25, 0.3) is 0 Å². The van der Waals surface area contributed by atoms with Gasteiger partial charge in [0.25, 0.3) is 0 Å². The number of carbonyl (C=O) groups excluding carboxylic acids is 2. The van der Waals surface area contributed by atoms with Gasteiger partial charge in [-0.25, -0.2) is 0 Å². The summed E-state index contributed by atoms with van der Waals surface area (Å²) in [7, 11) is 0. The molecule has 0 radical (unpaired) electrons. The molecule has 1 saturated carbocycles. The molecule has 0 bridgehead atoms. The highest BCUT2D eigenvalue weighted by molar-refractivity contribution is 6.53. The van der Waals surface area contributed by atoms with Gasteiger partial charge >= 0.3 is 6.18 Å². The lowest BCUT2D eigenvalue weighted by Gasteiger charge is -2.12. The zero-order valence-electron chi connectivity index (χ0n) is 15.2. The van der Waals surface area contributed by atoms with Crippen LogP contribution in [0.5, 0.6) is 0 Å². The Labute approximate surface area is 199 Å². The van der Waals surface area contributed by atoms with E-state index < -0.39 is 40.6 Å². The molecule has 1 fully saturated rings. The van der Waals surface area contributed by atoms with Crippen LogP contribution in [0, 0.1) is 5.92 Å². The molecule has 0 aliphatic heterocycles. The molecule has 2 unspecified atom stereocenters. The lowest BCUT2D eigenvalue weighted by molar-refractivity contribution is -0.150. The minimum absolute atomic E-state index is 0.00424. The number of rotatable bonds is 5. The van der Waals surface area contributed by atoms with Gasteiger partial charge in [0.05, 0.1) is 16.6 Å². The van der Waals surface area contributed by atoms with Gasteiger partial charge < -0.3 is 10.6 Å². The van der Waals surface area contributed by atoms with Crippen molar-refractivity contribution in [2.75, 3.05) is 10.6 Å². The standard InChI is InChI=1S/C19H12Cl5F3N2O2/c20-9-3-8(4-10(21)5-9)15-16(19(15,23)24)17(31)28-11-1-2-12(22)13(6-11)29-14(30)7-18(25,26)27/h1-6,15-16H,7H2,(H,28,31)(H,29,30). The second-order valence-corrected chi connectivity index (χ2v) is 9.58. The highest BCUT2D eigenvalue weighted by Crippen LogP contribution is 2.65. The van der Waals surface area contributed by atoms with Crippen LogP contribution < -0.4 is 10.6 Å². The monoisotopic (exact) mass is 532 g/mol. The Balaban J connectivity index is 1.74. The van der Waals surface area contributed by atoms with E-state index >= 15 is 0 Å². The van der Waals surface area contributed by atoms with Crippen molar-refractivity contribution in [3.8, 4) is 0 Å². The molecule has 4 nitrogen and oxygen atoms in total. The number of halogens is 8. The Bertz CT molecular complexity index is 1030. The van der Waals surface area contributed by atoms with Crippen molar-refractivity contribution in [1.82, 2.24) is 0 Å². The van der Waals surface area contributed by atoms with Crippen molar-refractivity contribution in [3.05, 3.63) is 57.0 Å². The molecule has 2 aromatic rings. The molecule has 0 heterocycles. The topological polar surface area (TPSA) is 58.2 Å². The van der Waals surface area contributed by atoms with Gasteiger partial charge in [0.2, 0.25) is 11.8 Å². The Morgan fingerprint density at radius 2 is 1.58 bits per heavy atom. The lowest BCUT2D eigenvalue weighted by Crippen LogP contribution is -2.21. The molecule has 1 aliphatic rings. The summed E-state index contributed by atoms with van der Waals surface area (Å²) in [5.41, 5.74) is 0.667. The molecule has 2 atom stereocenters. The SMILES string of the molecule is O=C(CC(F)(F)F)Nc1cc(NC(=O)C2C(c3cc(Cl)cc(Cl)c3)C2(Cl)Cl)ccc1Cl. The first-order chi connectivity index (χ1) is 14.3. The fraction of sp³-hybridized carbons (Fsp3) is 0.263. The third-order valence-electron chi connectivity index (χ3n) is 4.45. The smallest absolute Gasteiger partial charge is 0.326 e. The molecule has 12 heteroatoms. The van der Waals surface area contributed by atoms with Gasteiger partial charge in [-0.2, -0.15) is 13.2 Å². The largest absolute Gasteiger partial charge is 0.397 e. The predicted octanol–water partition coefficient (Wildman–Crippen LogP) is 7.06. The molecule has 3 rings (SSSR count). The van der Waals surface area contributed by atoms with Gasteiger partial charge in [-0.1, -0.05) is 34.8 Å². The summed E-state index contributed by atoms with van der Waals surface area (Å²) in [6.45, 7) is 0. The number of anilines is 2. The summed E-state index contributed by atoms with van der Waals surface area (Å²) in [5.74, 6) is -3.26. The third-order valence-corrected chi connectivity index (χ3v) is 6.16. The fourth-order valence-corrected chi connectivity index (χ4v) is 4.65. The number of alkyl halides is 5. The molecular formula is C19H12Cl5F3N2O2. The van der Waals surface area contributed by atoms with E-state index in [1.807, 2.05) is 0 Å². The number of carbonyl (C=O) groups is 2. The maximum Gasteiger partial charge on any atom is 0.397 e. The number of hydrogen-bond donors (Lipinski definition) is 2. The van der Waals surface area contributed by atoms with Gasteiger partial charge in [-0.15, -0.1) is 23.2 Å². The van der Waals surface area contributed by atoms with Crippen LogP contribution in [0.1, 0.15) is 17.9 Å². The molecule has 0 aromatic heterocycles. The molecular weight excluding hydrogens is 522 g/mol. The van der Waals surface area contributed by atoms with E-state index in [0.717, 1.165) is 0 Å². The van der Waals surface area contributed by atoms with Gasteiger partial charge in [0.15, 0.2) is 0 Å². The summed E-state index contributed by atoms with van der Waals surface area (Å²) < 4.78 is 35.7. The van der Waals surface area contributed by atoms with Crippen LogP contribution in [0.4, 0.5) is 24.5 Å². The zero-order chi connectivity index (χ0) is 23.1. The van der Waals surface area contributed by atoms with E-state index in [1.54, 1.807) is 12.1 Å². The van der Waals surface area contributed by atoms with E-state index in [1.165, 1.54) is 24.3 Å². The van der Waals surface area contributed by atoms with E-state index in [9.17, 15) is 22.8 Å². The Morgan fingerprint density at radius 3 is 2.16 bits per heavy atom. The highest BCUT2D eigenvalue weighted by Gasteiger charge is 2.67. The van der Waals surface area contributed by atoms with Crippen LogP contribution in [0.2, 0.25) is 15.1 Å². The molecule has 2 N–H and O–H groups in total. The van der Waals surface area contributed by atoms with Crippen LogP contribution >= 0.6 is 58.0 Å². The van der Waals surface area contributed by atoms with Gasteiger partial charge in [0.1, 0.15) is 10.8 Å². The summed E-state index contributed by atoms with van der Waals surface area (Å²) in [4.78, 5) is 24.3. The molecule has 2 amide bonds. The summed E-state index contributed by atoms with van der Waals surface area (Å²) in [6, 6.07) is 8.68. The van der Waals surface area contributed by atoms with Crippen molar-refractivity contribution >= 4 is 81.2 Å².